The summed E-state index contributed by atoms with van der Waals surface area (Å²) in [5, 5.41) is 8.15. The molecule has 2 atom stereocenters. The van der Waals surface area contributed by atoms with Crippen LogP contribution in [0.1, 0.15) is 35.3 Å². The molecular weight excluding hydrogens is 385 g/mol. The first-order chi connectivity index (χ1) is 14.6. The van der Waals surface area contributed by atoms with E-state index in [9.17, 15) is 14.0 Å². The van der Waals surface area contributed by atoms with Crippen molar-refractivity contribution in [2.75, 3.05) is 18.0 Å². The summed E-state index contributed by atoms with van der Waals surface area (Å²) in [6.07, 6.45) is 7.14. The van der Waals surface area contributed by atoms with Gasteiger partial charge in [-0.25, -0.2) is 9.07 Å². The summed E-state index contributed by atoms with van der Waals surface area (Å²) in [6, 6.07) is 7.58. The number of fused-ring (bicyclic) bond motifs is 1. The summed E-state index contributed by atoms with van der Waals surface area (Å²) in [4.78, 5) is 29.1. The van der Waals surface area contributed by atoms with Gasteiger partial charge in [0.15, 0.2) is 5.69 Å². The summed E-state index contributed by atoms with van der Waals surface area (Å²) >= 11 is 0. The van der Waals surface area contributed by atoms with Gasteiger partial charge in [-0.15, -0.1) is 5.10 Å². The predicted octanol–water partition coefficient (Wildman–Crippen LogP) is 2.39. The molecule has 0 bridgehead atoms. The number of halogens is 1. The van der Waals surface area contributed by atoms with Crippen LogP contribution in [0.4, 0.5) is 10.1 Å². The van der Waals surface area contributed by atoms with Crippen molar-refractivity contribution in [3.8, 4) is 0 Å². The Bertz CT molecular complexity index is 995. The molecule has 1 aromatic carbocycles. The van der Waals surface area contributed by atoms with Crippen molar-refractivity contribution in [2.45, 2.75) is 44.4 Å². The number of hydrogen-bond acceptors (Lipinski definition) is 4. The van der Waals surface area contributed by atoms with E-state index >= 15 is 0 Å². The number of benzene rings is 1. The van der Waals surface area contributed by atoms with E-state index in [1.165, 1.54) is 0 Å². The van der Waals surface area contributed by atoms with Crippen LogP contribution in [0.15, 0.2) is 42.6 Å². The summed E-state index contributed by atoms with van der Waals surface area (Å²) in [7, 11) is 0. The molecule has 1 aromatic heterocycles. The lowest BCUT2D eigenvalue weighted by Crippen LogP contribution is -2.41. The molecule has 5 rings (SSSR count). The van der Waals surface area contributed by atoms with Gasteiger partial charge in [0.25, 0.3) is 5.91 Å². The third-order valence-corrected chi connectivity index (χ3v) is 6.29. The van der Waals surface area contributed by atoms with E-state index in [0.717, 1.165) is 30.5 Å². The van der Waals surface area contributed by atoms with Crippen LogP contribution >= 0.6 is 0 Å². The number of carbonyl (C=O) groups is 2. The van der Waals surface area contributed by atoms with Crippen molar-refractivity contribution in [3.63, 3.8) is 0 Å². The molecule has 1 saturated heterocycles. The van der Waals surface area contributed by atoms with Gasteiger partial charge in [0.1, 0.15) is 6.17 Å². The molecule has 0 radical (unpaired) electrons. The topological polar surface area (TPSA) is 71.3 Å². The average Bonchev–Trinajstić information content (AvgIpc) is 3.54. The smallest absolute Gasteiger partial charge is 0.280 e. The lowest BCUT2D eigenvalue weighted by Gasteiger charge is -2.26. The second kappa shape index (κ2) is 7.66. The highest BCUT2D eigenvalue weighted by Gasteiger charge is 2.38. The van der Waals surface area contributed by atoms with Crippen molar-refractivity contribution in [2.24, 2.45) is 5.92 Å². The molecule has 2 amide bonds. The van der Waals surface area contributed by atoms with E-state index in [1.54, 1.807) is 20.7 Å². The highest BCUT2D eigenvalue weighted by Crippen LogP contribution is 2.29. The third-order valence-electron chi connectivity index (χ3n) is 6.29. The number of alkyl halides is 1. The Balaban J connectivity index is 1.28. The zero-order valence-electron chi connectivity index (χ0n) is 16.7. The lowest BCUT2D eigenvalue weighted by atomic mass is 10.1. The van der Waals surface area contributed by atoms with Crippen LogP contribution in [0.5, 0.6) is 0 Å². The fourth-order valence-corrected chi connectivity index (χ4v) is 4.74. The van der Waals surface area contributed by atoms with Crippen LogP contribution in [-0.4, -0.2) is 57.0 Å². The molecule has 0 unspecified atom stereocenters. The van der Waals surface area contributed by atoms with Crippen molar-refractivity contribution in [1.82, 2.24) is 19.9 Å². The monoisotopic (exact) mass is 409 g/mol. The Morgan fingerprint density at radius 2 is 1.97 bits per heavy atom. The summed E-state index contributed by atoms with van der Waals surface area (Å²) < 4.78 is 15.7. The van der Waals surface area contributed by atoms with E-state index in [1.807, 2.05) is 36.4 Å². The van der Waals surface area contributed by atoms with Crippen LogP contribution in [0.25, 0.3) is 0 Å². The molecule has 8 heteroatoms. The van der Waals surface area contributed by atoms with Gasteiger partial charge in [0, 0.05) is 24.6 Å². The number of hydrogen-bond donors (Lipinski definition) is 0. The fourth-order valence-electron chi connectivity index (χ4n) is 4.74. The maximum absolute atomic E-state index is 14.1. The molecule has 0 N–H and O–H groups in total. The molecule has 2 aliphatic heterocycles. The van der Waals surface area contributed by atoms with Gasteiger partial charge in [-0.05, 0) is 30.9 Å². The third kappa shape index (κ3) is 3.40. The van der Waals surface area contributed by atoms with Gasteiger partial charge in [-0.1, -0.05) is 35.6 Å². The second-order valence-electron chi connectivity index (χ2n) is 8.28. The predicted molar refractivity (Wildman–Crippen MR) is 109 cm³/mol. The van der Waals surface area contributed by atoms with E-state index in [-0.39, 0.29) is 42.4 Å². The van der Waals surface area contributed by atoms with Crippen LogP contribution < -0.4 is 4.90 Å². The molecule has 0 saturated carbocycles. The zero-order valence-corrected chi connectivity index (χ0v) is 16.7. The minimum atomic E-state index is -1.03. The maximum Gasteiger partial charge on any atom is 0.280 e. The number of amides is 2. The first kappa shape index (κ1) is 19.0. The number of likely N-dealkylation sites (tertiary alicyclic amines) is 1. The summed E-state index contributed by atoms with van der Waals surface area (Å²) in [5.41, 5.74) is 2.32. The molecule has 1 aliphatic carbocycles. The van der Waals surface area contributed by atoms with Crippen LogP contribution in [0.2, 0.25) is 0 Å². The zero-order chi connectivity index (χ0) is 20.7. The minimum absolute atomic E-state index is 0.00948. The van der Waals surface area contributed by atoms with Crippen LogP contribution in [-0.2, 0) is 17.8 Å². The molecule has 1 fully saturated rings. The number of para-hydroxylation sites is 1. The van der Waals surface area contributed by atoms with E-state index < -0.39 is 6.17 Å². The molecule has 30 heavy (non-hydrogen) atoms. The SMILES string of the molecule is O=C(c1cn(C[C@@H]2C[C@H](F)CN2C(=O)C2CC=CC2)nn1)N1CCc2ccccc21. The van der Waals surface area contributed by atoms with Gasteiger partial charge in [0.2, 0.25) is 5.91 Å². The van der Waals surface area contributed by atoms with Gasteiger partial charge >= 0.3 is 0 Å². The number of nitrogens with zero attached hydrogens (tertiary/aromatic N) is 5. The molecule has 156 valence electrons. The Kier molecular flexibility index (Phi) is 4.84. The summed E-state index contributed by atoms with van der Waals surface area (Å²) in [5.74, 6) is -0.262. The molecule has 3 aliphatic rings. The number of aromatic nitrogens is 3. The Hall–Kier alpha value is -3.03. The van der Waals surface area contributed by atoms with Crippen LogP contribution in [0, 0.1) is 5.92 Å². The lowest BCUT2D eigenvalue weighted by molar-refractivity contribution is -0.136. The number of carbonyl (C=O) groups excluding carboxylic acids is 2. The van der Waals surface area contributed by atoms with Gasteiger partial charge in [0.05, 0.1) is 25.3 Å². The molecule has 7 nitrogen and oxygen atoms in total. The van der Waals surface area contributed by atoms with Crippen molar-refractivity contribution >= 4 is 17.5 Å². The highest BCUT2D eigenvalue weighted by atomic mass is 19.1. The summed E-state index contributed by atoms with van der Waals surface area (Å²) in [6.45, 7) is 1.09. The first-order valence-electron chi connectivity index (χ1n) is 10.5. The first-order valence-corrected chi connectivity index (χ1v) is 10.5. The normalized spacial score (nSPS) is 23.4. The molecular formula is C22H24FN5O2. The Labute approximate surface area is 174 Å². The van der Waals surface area contributed by atoms with Crippen molar-refractivity contribution < 1.29 is 14.0 Å². The van der Waals surface area contributed by atoms with Gasteiger partial charge in [-0.3, -0.25) is 9.59 Å². The van der Waals surface area contributed by atoms with Crippen molar-refractivity contribution in [3.05, 3.63) is 53.9 Å². The average molecular weight is 409 g/mol. The molecule has 3 heterocycles. The van der Waals surface area contributed by atoms with E-state index in [0.29, 0.717) is 13.1 Å². The quantitative estimate of drug-likeness (QED) is 0.727. The van der Waals surface area contributed by atoms with E-state index in [2.05, 4.69) is 10.3 Å². The van der Waals surface area contributed by atoms with Gasteiger partial charge < -0.3 is 9.80 Å². The van der Waals surface area contributed by atoms with Gasteiger partial charge in [-0.2, -0.15) is 0 Å². The Morgan fingerprint density at radius 1 is 1.17 bits per heavy atom. The molecule has 0 spiro atoms. The second-order valence-corrected chi connectivity index (χ2v) is 8.28. The fraction of sp³-hybridized carbons (Fsp3) is 0.455. The van der Waals surface area contributed by atoms with Crippen molar-refractivity contribution in [1.29, 1.82) is 0 Å². The standard InChI is InChI=1S/C22H24FN5O2/c23-17-11-18(28(12-17)21(29)16-6-1-2-7-16)13-26-14-19(24-25-26)22(30)27-10-9-15-5-3-4-8-20(15)27/h1-5,8,14,16-18H,6-7,9-13H2/t17-,18-/m0/s1. The number of rotatable bonds is 4. The van der Waals surface area contributed by atoms with E-state index in [4.69, 9.17) is 0 Å². The number of anilines is 1. The largest absolute Gasteiger partial charge is 0.335 e. The Morgan fingerprint density at radius 3 is 2.80 bits per heavy atom. The number of allylic oxidation sites excluding steroid dienone is 2. The molecule has 2 aromatic rings. The highest BCUT2D eigenvalue weighted by molar-refractivity contribution is 6.05. The van der Waals surface area contributed by atoms with Crippen LogP contribution in [0.3, 0.4) is 0 Å². The maximum atomic E-state index is 14.1. The minimum Gasteiger partial charge on any atom is -0.335 e.